The third-order valence-corrected chi connectivity index (χ3v) is 6.11. The fraction of sp³-hybridized carbons (Fsp3) is 0.778. The standard InChI is InChI=1S/C27H47NO3/c1-3-5-6-7-8-9-10-11-12-13-14-15-16-17-18-19-20-21-24(29)26-25(30)23-28(22-4-2)27(26)31/h20-21,29H,3-19,22-23H2,1-2H3. The second kappa shape index (κ2) is 18.0. The highest BCUT2D eigenvalue weighted by Crippen LogP contribution is 2.18. The first-order valence-electron chi connectivity index (χ1n) is 13.0. The average Bonchev–Trinajstić information content (AvgIpc) is 3.03. The van der Waals surface area contributed by atoms with Crippen LogP contribution in [0.1, 0.15) is 123 Å². The van der Waals surface area contributed by atoms with Crippen LogP contribution in [-0.4, -0.2) is 34.8 Å². The monoisotopic (exact) mass is 433 g/mol. The summed E-state index contributed by atoms with van der Waals surface area (Å²) in [6.45, 7) is 4.90. The SMILES string of the molecule is CCCCCCCCCCCCCCCCCC=CC(O)=C1C(=O)CN(CCC)C1=O. The molecule has 0 atom stereocenters. The van der Waals surface area contributed by atoms with Gasteiger partial charge in [-0.3, -0.25) is 9.59 Å². The number of allylic oxidation sites excluding steroid dienone is 2. The zero-order valence-corrected chi connectivity index (χ0v) is 20.3. The van der Waals surface area contributed by atoms with Gasteiger partial charge in [0.25, 0.3) is 5.91 Å². The van der Waals surface area contributed by atoms with E-state index in [1.807, 2.05) is 13.0 Å². The normalized spacial score (nSPS) is 16.1. The molecule has 1 N–H and O–H groups in total. The smallest absolute Gasteiger partial charge is 0.261 e. The van der Waals surface area contributed by atoms with Crippen molar-refractivity contribution in [3.05, 3.63) is 23.5 Å². The van der Waals surface area contributed by atoms with Crippen LogP contribution in [0.15, 0.2) is 23.5 Å². The second-order valence-corrected chi connectivity index (χ2v) is 9.05. The zero-order chi connectivity index (χ0) is 22.7. The molecular formula is C27H47NO3. The molecule has 0 bridgehead atoms. The van der Waals surface area contributed by atoms with E-state index in [0.717, 1.165) is 19.3 Å². The summed E-state index contributed by atoms with van der Waals surface area (Å²) in [6.07, 6.45) is 25.3. The van der Waals surface area contributed by atoms with Crippen molar-refractivity contribution >= 4 is 11.7 Å². The summed E-state index contributed by atoms with van der Waals surface area (Å²) in [7, 11) is 0. The van der Waals surface area contributed by atoms with E-state index in [0.29, 0.717) is 6.54 Å². The first-order chi connectivity index (χ1) is 15.1. The molecule has 0 spiro atoms. The van der Waals surface area contributed by atoms with Crippen LogP contribution in [-0.2, 0) is 9.59 Å². The molecule has 1 heterocycles. The molecule has 0 aromatic heterocycles. The molecule has 0 aromatic carbocycles. The largest absolute Gasteiger partial charge is 0.507 e. The summed E-state index contributed by atoms with van der Waals surface area (Å²) < 4.78 is 0. The molecule has 4 nitrogen and oxygen atoms in total. The van der Waals surface area contributed by atoms with E-state index in [9.17, 15) is 14.7 Å². The molecule has 0 aliphatic carbocycles. The van der Waals surface area contributed by atoms with Gasteiger partial charge in [-0.1, -0.05) is 110 Å². The molecule has 1 fully saturated rings. The van der Waals surface area contributed by atoms with Gasteiger partial charge in [-0.2, -0.15) is 0 Å². The summed E-state index contributed by atoms with van der Waals surface area (Å²) in [4.78, 5) is 25.7. The lowest BCUT2D eigenvalue weighted by Gasteiger charge is -2.11. The number of carbonyl (C=O) groups excluding carboxylic acids is 2. The molecule has 178 valence electrons. The van der Waals surface area contributed by atoms with Gasteiger partial charge < -0.3 is 10.0 Å². The molecule has 0 unspecified atom stereocenters. The van der Waals surface area contributed by atoms with Gasteiger partial charge in [0.1, 0.15) is 11.3 Å². The Bertz CT molecular complexity index is 565. The van der Waals surface area contributed by atoms with Gasteiger partial charge in [0, 0.05) is 6.54 Å². The highest BCUT2D eigenvalue weighted by atomic mass is 16.3. The summed E-state index contributed by atoms with van der Waals surface area (Å²) in [6, 6.07) is 0. The van der Waals surface area contributed by atoms with Crippen molar-refractivity contribution in [1.82, 2.24) is 4.90 Å². The molecule has 0 saturated carbocycles. The number of nitrogens with zero attached hydrogens (tertiary/aromatic N) is 1. The Hall–Kier alpha value is -1.58. The molecule has 31 heavy (non-hydrogen) atoms. The summed E-state index contributed by atoms with van der Waals surface area (Å²) >= 11 is 0. The van der Waals surface area contributed by atoms with Crippen LogP contribution in [0.3, 0.4) is 0 Å². The van der Waals surface area contributed by atoms with Gasteiger partial charge in [-0.15, -0.1) is 0 Å². The van der Waals surface area contributed by atoms with E-state index < -0.39 is 0 Å². The predicted octanol–water partition coefficient (Wildman–Crippen LogP) is 7.44. The van der Waals surface area contributed by atoms with E-state index in [-0.39, 0.29) is 29.6 Å². The molecule has 0 radical (unpaired) electrons. The number of aliphatic hydroxyl groups is 1. The number of aliphatic hydroxyl groups excluding tert-OH is 1. The van der Waals surface area contributed by atoms with Crippen molar-refractivity contribution in [1.29, 1.82) is 0 Å². The first-order valence-corrected chi connectivity index (χ1v) is 13.0. The Kier molecular flexibility index (Phi) is 16.0. The third-order valence-electron chi connectivity index (χ3n) is 6.11. The Morgan fingerprint density at radius 2 is 1.26 bits per heavy atom. The van der Waals surface area contributed by atoms with E-state index in [1.165, 1.54) is 101 Å². The van der Waals surface area contributed by atoms with Gasteiger partial charge in [-0.05, 0) is 25.3 Å². The summed E-state index contributed by atoms with van der Waals surface area (Å²) in [5.41, 5.74) is -0.0406. The fourth-order valence-electron chi connectivity index (χ4n) is 4.22. The minimum absolute atomic E-state index is 0.0406. The van der Waals surface area contributed by atoms with Crippen LogP contribution in [0.2, 0.25) is 0 Å². The molecule has 0 aromatic rings. The summed E-state index contributed by atoms with van der Waals surface area (Å²) in [5, 5.41) is 10.1. The number of ketones is 1. The predicted molar refractivity (Wildman–Crippen MR) is 130 cm³/mol. The van der Waals surface area contributed by atoms with E-state index in [1.54, 1.807) is 0 Å². The average molecular weight is 434 g/mol. The number of unbranched alkanes of at least 4 members (excludes halogenated alkanes) is 15. The lowest BCUT2D eigenvalue weighted by atomic mass is 10.0. The maximum Gasteiger partial charge on any atom is 0.261 e. The van der Waals surface area contributed by atoms with Gasteiger partial charge >= 0.3 is 0 Å². The molecule has 1 amide bonds. The summed E-state index contributed by atoms with van der Waals surface area (Å²) in [5.74, 6) is -0.775. The zero-order valence-electron chi connectivity index (χ0n) is 20.3. The Labute approximate surface area is 191 Å². The molecule has 4 heteroatoms. The Morgan fingerprint density at radius 3 is 1.74 bits per heavy atom. The van der Waals surface area contributed by atoms with E-state index in [2.05, 4.69) is 6.92 Å². The number of hydrogen-bond donors (Lipinski definition) is 1. The molecule has 1 aliphatic rings. The number of rotatable bonds is 19. The van der Waals surface area contributed by atoms with Crippen LogP contribution in [0, 0.1) is 0 Å². The second-order valence-electron chi connectivity index (χ2n) is 9.05. The van der Waals surface area contributed by atoms with Gasteiger partial charge in [0.2, 0.25) is 0 Å². The molecule has 1 rings (SSSR count). The topological polar surface area (TPSA) is 57.6 Å². The number of likely N-dealkylation sites (tertiary alicyclic amines) is 1. The number of amides is 1. The van der Waals surface area contributed by atoms with Crippen LogP contribution in [0.5, 0.6) is 0 Å². The Balaban J connectivity index is 1.99. The minimum atomic E-state index is -0.332. The maximum atomic E-state index is 12.2. The maximum absolute atomic E-state index is 12.2. The fourth-order valence-corrected chi connectivity index (χ4v) is 4.22. The van der Waals surface area contributed by atoms with Gasteiger partial charge in [0.15, 0.2) is 5.78 Å². The molecule has 1 saturated heterocycles. The van der Waals surface area contributed by atoms with Crippen LogP contribution in [0.4, 0.5) is 0 Å². The molecular weight excluding hydrogens is 386 g/mol. The minimum Gasteiger partial charge on any atom is -0.507 e. The van der Waals surface area contributed by atoms with Gasteiger partial charge in [0.05, 0.1) is 6.54 Å². The lowest BCUT2D eigenvalue weighted by Crippen LogP contribution is -2.26. The van der Waals surface area contributed by atoms with Crippen molar-refractivity contribution in [2.75, 3.05) is 13.1 Å². The van der Waals surface area contributed by atoms with Crippen molar-refractivity contribution in [3.8, 4) is 0 Å². The van der Waals surface area contributed by atoms with E-state index in [4.69, 9.17) is 0 Å². The quantitative estimate of drug-likeness (QED) is 0.0996. The highest BCUT2D eigenvalue weighted by molar-refractivity contribution is 6.25. The Morgan fingerprint density at radius 1 is 0.774 bits per heavy atom. The third kappa shape index (κ3) is 12.1. The highest BCUT2D eigenvalue weighted by Gasteiger charge is 2.35. The van der Waals surface area contributed by atoms with Crippen LogP contribution < -0.4 is 0 Å². The number of carbonyl (C=O) groups is 2. The first kappa shape index (κ1) is 27.5. The van der Waals surface area contributed by atoms with E-state index >= 15 is 0 Å². The van der Waals surface area contributed by atoms with Gasteiger partial charge in [-0.25, -0.2) is 0 Å². The number of Topliss-reactive ketones (excluding diaryl/α,β-unsaturated/α-hetero) is 1. The van der Waals surface area contributed by atoms with Crippen LogP contribution in [0.25, 0.3) is 0 Å². The van der Waals surface area contributed by atoms with Crippen molar-refractivity contribution in [2.24, 2.45) is 0 Å². The van der Waals surface area contributed by atoms with Crippen molar-refractivity contribution in [3.63, 3.8) is 0 Å². The van der Waals surface area contributed by atoms with Crippen LogP contribution >= 0.6 is 0 Å². The van der Waals surface area contributed by atoms with Crippen molar-refractivity contribution < 1.29 is 14.7 Å². The lowest BCUT2D eigenvalue weighted by molar-refractivity contribution is -0.125. The number of hydrogen-bond acceptors (Lipinski definition) is 3. The molecule has 1 aliphatic heterocycles. The van der Waals surface area contributed by atoms with Crippen molar-refractivity contribution in [2.45, 2.75) is 123 Å².